The molecule has 0 radical (unpaired) electrons. The van der Waals surface area contributed by atoms with Gasteiger partial charge in [-0.3, -0.25) is 0 Å². The van der Waals surface area contributed by atoms with Crippen LogP contribution in [0.5, 0.6) is 0 Å². The Morgan fingerprint density at radius 3 is 1.38 bits per heavy atom. The second-order valence-corrected chi connectivity index (χ2v) is 11.4. The molecule has 0 spiro atoms. The Hall–Kier alpha value is -1.64. The van der Waals surface area contributed by atoms with Crippen molar-refractivity contribution < 1.29 is 0 Å². The fourth-order valence-corrected chi connectivity index (χ4v) is 4.33. The van der Waals surface area contributed by atoms with E-state index < -0.39 is 0 Å². The maximum atomic E-state index is 2.41. The van der Waals surface area contributed by atoms with E-state index in [0.29, 0.717) is 0 Å². The molecule has 2 nitrogen and oxygen atoms in total. The zero-order chi connectivity index (χ0) is 26.1. The van der Waals surface area contributed by atoms with Crippen molar-refractivity contribution in [1.82, 2.24) is 9.80 Å². The van der Waals surface area contributed by atoms with Gasteiger partial charge in [0, 0.05) is 26.2 Å². The van der Waals surface area contributed by atoms with Crippen LogP contribution in [0.4, 0.5) is 0 Å². The predicted molar refractivity (Wildman–Crippen MR) is 153 cm³/mol. The molecule has 2 heterocycles. The lowest BCUT2D eigenvalue weighted by molar-refractivity contribution is 0.312. The number of fused-ring (bicyclic) bond motifs is 2. The Labute approximate surface area is 212 Å². The molecular formula is C32H54N2. The van der Waals surface area contributed by atoms with Crippen LogP contribution in [0.1, 0.15) is 103 Å². The largest absolute Gasteiger partial charge is 0.302 e. The van der Waals surface area contributed by atoms with Crippen molar-refractivity contribution >= 4 is 0 Å². The van der Waals surface area contributed by atoms with Gasteiger partial charge < -0.3 is 9.80 Å². The summed E-state index contributed by atoms with van der Waals surface area (Å²) in [7, 11) is 4.40. The van der Waals surface area contributed by atoms with Gasteiger partial charge in [0.05, 0.1) is 0 Å². The first-order valence-corrected chi connectivity index (χ1v) is 13.5. The van der Waals surface area contributed by atoms with Crippen molar-refractivity contribution in [3.8, 4) is 0 Å². The first-order valence-electron chi connectivity index (χ1n) is 13.5. The third-order valence-corrected chi connectivity index (χ3v) is 6.55. The number of hydrogen-bond acceptors (Lipinski definition) is 2. The average molecular weight is 467 g/mol. The molecule has 0 fully saturated rings. The van der Waals surface area contributed by atoms with Gasteiger partial charge in [-0.2, -0.15) is 0 Å². The number of rotatable bonds is 0. The summed E-state index contributed by atoms with van der Waals surface area (Å²) in [5, 5.41) is 0. The van der Waals surface area contributed by atoms with E-state index in [9.17, 15) is 0 Å². The summed E-state index contributed by atoms with van der Waals surface area (Å²) in [5.74, 6) is 0. The number of nitrogens with zero attached hydrogens (tertiary/aromatic N) is 2. The molecule has 0 aromatic heterocycles. The molecule has 34 heavy (non-hydrogen) atoms. The lowest BCUT2D eigenvalue weighted by Gasteiger charge is -2.27. The number of benzene rings is 2. The smallest absolute Gasteiger partial charge is 0.0233 e. The van der Waals surface area contributed by atoms with Gasteiger partial charge in [0.15, 0.2) is 0 Å². The first kappa shape index (κ1) is 30.4. The molecule has 2 aliphatic rings. The van der Waals surface area contributed by atoms with Crippen LogP contribution >= 0.6 is 0 Å². The van der Waals surface area contributed by atoms with E-state index in [1.54, 1.807) is 11.1 Å². The molecular weight excluding hydrogens is 412 g/mol. The molecule has 2 aliphatic heterocycles. The van der Waals surface area contributed by atoms with E-state index in [1.165, 1.54) is 48.2 Å². The lowest BCUT2D eigenvalue weighted by Crippen LogP contribution is -2.27. The van der Waals surface area contributed by atoms with E-state index >= 15 is 0 Å². The molecule has 0 amide bonds. The van der Waals surface area contributed by atoms with Gasteiger partial charge in [-0.25, -0.2) is 0 Å². The highest BCUT2D eigenvalue weighted by Crippen LogP contribution is 2.28. The SMILES string of the molecule is CC.CC.CN1CCc2cc(C(C)(C)C)ccc2C1.CN1CCc2ccc(C(C)(C)C)cc2C1. The average Bonchev–Trinajstić information content (AvgIpc) is 2.80. The van der Waals surface area contributed by atoms with Crippen molar-refractivity contribution in [2.45, 2.75) is 106 Å². The highest BCUT2D eigenvalue weighted by molar-refractivity contribution is 5.37. The molecule has 0 atom stereocenters. The Balaban J connectivity index is 0.000000297. The highest BCUT2D eigenvalue weighted by Gasteiger charge is 2.19. The quantitative estimate of drug-likeness (QED) is 0.388. The summed E-state index contributed by atoms with van der Waals surface area (Å²) in [5.41, 5.74) is 9.60. The topological polar surface area (TPSA) is 6.48 Å². The van der Waals surface area contributed by atoms with Gasteiger partial charge in [-0.15, -0.1) is 0 Å². The first-order chi connectivity index (χ1) is 15.9. The van der Waals surface area contributed by atoms with E-state index in [0.717, 1.165) is 13.1 Å². The molecule has 192 valence electrons. The molecule has 0 saturated heterocycles. The Morgan fingerprint density at radius 2 is 0.912 bits per heavy atom. The number of hydrogen-bond donors (Lipinski definition) is 0. The van der Waals surface area contributed by atoms with Crippen LogP contribution in [0.2, 0.25) is 0 Å². The van der Waals surface area contributed by atoms with Gasteiger partial charge in [0.2, 0.25) is 0 Å². The molecule has 4 rings (SSSR count). The molecule has 2 aromatic carbocycles. The van der Waals surface area contributed by atoms with Crippen LogP contribution in [0.25, 0.3) is 0 Å². The monoisotopic (exact) mass is 466 g/mol. The summed E-state index contributed by atoms with van der Waals surface area (Å²) in [6.07, 6.45) is 2.41. The Kier molecular flexibility index (Phi) is 12.0. The van der Waals surface area contributed by atoms with Crippen LogP contribution in [-0.4, -0.2) is 37.0 Å². The molecule has 0 unspecified atom stereocenters. The summed E-state index contributed by atoms with van der Waals surface area (Å²) < 4.78 is 0. The van der Waals surface area contributed by atoms with Crippen molar-refractivity contribution in [3.05, 3.63) is 69.8 Å². The fraction of sp³-hybridized carbons (Fsp3) is 0.625. The molecule has 2 aromatic rings. The van der Waals surface area contributed by atoms with Gasteiger partial charge >= 0.3 is 0 Å². The van der Waals surface area contributed by atoms with Crippen molar-refractivity contribution in [2.24, 2.45) is 0 Å². The van der Waals surface area contributed by atoms with Crippen LogP contribution < -0.4 is 0 Å². The fourth-order valence-electron chi connectivity index (χ4n) is 4.33. The predicted octanol–water partition coefficient (Wildman–Crippen LogP) is 8.00. The second kappa shape index (κ2) is 13.4. The molecule has 0 aliphatic carbocycles. The minimum absolute atomic E-state index is 0.269. The zero-order valence-corrected chi connectivity index (χ0v) is 24.6. The minimum atomic E-state index is 0.269. The molecule has 2 heteroatoms. The van der Waals surface area contributed by atoms with Crippen LogP contribution in [-0.2, 0) is 36.8 Å². The summed E-state index contributed by atoms with van der Waals surface area (Å²) in [4.78, 5) is 4.79. The second-order valence-electron chi connectivity index (χ2n) is 11.4. The van der Waals surface area contributed by atoms with Gasteiger partial charge in [-0.1, -0.05) is 106 Å². The van der Waals surface area contributed by atoms with Crippen LogP contribution in [0.3, 0.4) is 0 Å². The third kappa shape index (κ3) is 8.86. The summed E-state index contributed by atoms with van der Waals surface area (Å²) in [6, 6.07) is 14.0. The van der Waals surface area contributed by atoms with Gasteiger partial charge in [-0.05, 0) is 71.1 Å². The van der Waals surface area contributed by atoms with Crippen LogP contribution in [0, 0.1) is 0 Å². The zero-order valence-electron chi connectivity index (χ0n) is 24.6. The Bertz CT molecular complexity index is 868. The van der Waals surface area contributed by atoms with Crippen molar-refractivity contribution in [1.29, 1.82) is 0 Å². The molecule has 0 bridgehead atoms. The maximum Gasteiger partial charge on any atom is 0.0233 e. The lowest BCUT2D eigenvalue weighted by atomic mass is 9.84. The van der Waals surface area contributed by atoms with Crippen LogP contribution in [0.15, 0.2) is 36.4 Å². The summed E-state index contributed by atoms with van der Waals surface area (Å²) in [6.45, 7) is 26.3. The summed E-state index contributed by atoms with van der Waals surface area (Å²) >= 11 is 0. The van der Waals surface area contributed by atoms with E-state index in [-0.39, 0.29) is 10.8 Å². The van der Waals surface area contributed by atoms with E-state index in [1.807, 2.05) is 27.7 Å². The number of likely N-dealkylation sites (N-methyl/N-ethyl adjacent to an activating group) is 2. The van der Waals surface area contributed by atoms with Gasteiger partial charge in [0.1, 0.15) is 0 Å². The molecule has 0 N–H and O–H groups in total. The minimum Gasteiger partial charge on any atom is -0.302 e. The van der Waals surface area contributed by atoms with E-state index in [2.05, 4.69) is 102 Å². The normalized spacial score (nSPS) is 15.9. The Morgan fingerprint density at radius 1 is 0.529 bits per heavy atom. The third-order valence-electron chi connectivity index (χ3n) is 6.55. The maximum absolute atomic E-state index is 2.41. The molecule has 0 saturated carbocycles. The van der Waals surface area contributed by atoms with E-state index in [4.69, 9.17) is 0 Å². The standard InChI is InChI=1S/2C14H21N.2C2H6/c1-14(2,3)13-6-5-12-10-15(4)8-7-11(12)9-13;1-14(2,3)13-6-5-11-7-8-15(4)10-12(11)9-13;2*1-2/h2*5-6,9H,7-8,10H2,1-4H3;2*1-2H3. The van der Waals surface area contributed by atoms with Crippen molar-refractivity contribution in [2.75, 3.05) is 27.2 Å². The van der Waals surface area contributed by atoms with Crippen molar-refractivity contribution in [3.63, 3.8) is 0 Å². The highest BCUT2D eigenvalue weighted by atomic mass is 15.1. The van der Waals surface area contributed by atoms with Gasteiger partial charge in [0.25, 0.3) is 0 Å².